The second kappa shape index (κ2) is 3.72. The number of rotatable bonds is 2. The van der Waals surface area contributed by atoms with Crippen LogP contribution in [0.5, 0.6) is 11.5 Å². The Morgan fingerprint density at radius 3 is 2.71 bits per heavy atom. The minimum absolute atomic E-state index is 0.227. The zero-order chi connectivity index (χ0) is 9.97. The van der Waals surface area contributed by atoms with E-state index in [2.05, 4.69) is 0 Å². The fourth-order valence-electron chi connectivity index (χ4n) is 1.30. The molecule has 1 aromatic carbocycles. The first-order valence-electron chi connectivity index (χ1n) is 4.20. The third-order valence-corrected chi connectivity index (χ3v) is 2.66. The first kappa shape index (κ1) is 9.09. The van der Waals surface area contributed by atoms with Crippen LogP contribution in [0.1, 0.15) is 0 Å². The molecule has 0 radical (unpaired) electrons. The van der Waals surface area contributed by atoms with Gasteiger partial charge in [0.15, 0.2) is 0 Å². The summed E-state index contributed by atoms with van der Waals surface area (Å²) in [6.07, 6.45) is 0. The van der Waals surface area contributed by atoms with Gasteiger partial charge in [0, 0.05) is 6.07 Å². The summed E-state index contributed by atoms with van der Waals surface area (Å²) in [5.41, 5.74) is 2.08. The highest BCUT2D eigenvalue weighted by Crippen LogP contribution is 2.30. The molecule has 0 amide bonds. The van der Waals surface area contributed by atoms with E-state index in [0.717, 1.165) is 11.1 Å². The van der Waals surface area contributed by atoms with Crippen molar-refractivity contribution in [3.05, 3.63) is 35.0 Å². The van der Waals surface area contributed by atoms with Crippen molar-refractivity contribution in [2.45, 2.75) is 0 Å². The summed E-state index contributed by atoms with van der Waals surface area (Å²) in [5, 5.41) is 13.5. The number of phenolic OH excluding ortho intramolecular Hbond substituents is 1. The highest BCUT2D eigenvalue weighted by atomic mass is 32.1. The third kappa shape index (κ3) is 1.72. The van der Waals surface area contributed by atoms with Crippen LogP contribution in [0.2, 0.25) is 0 Å². The van der Waals surface area contributed by atoms with Crippen LogP contribution in [0.15, 0.2) is 35.0 Å². The molecule has 0 aliphatic carbocycles. The van der Waals surface area contributed by atoms with Crippen molar-refractivity contribution >= 4 is 11.3 Å². The van der Waals surface area contributed by atoms with Gasteiger partial charge in [0.2, 0.25) is 0 Å². The fourth-order valence-corrected chi connectivity index (χ4v) is 1.96. The summed E-state index contributed by atoms with van der Waals surface area (Å²) < 4.78 is 5.08. The first-order valence-corrected chi connectivity index (χ1v) is 5.14. The lowest BCUT2D eigenvalue weighted by Gasteiger charge is -2.04. The molecule has 0 aliphatic rings. The molecule has 0 atom stereocenters. The molecule has 2 rings (SSSR count). The second-order valence-electron chi connectivity index (χ2n) is 2.93. The number of phenols is 1. The highest BCUT2D eigenvalue weighted by molar-refractivity contribution is 7.08. The molecule has 1 N–H and O–H groups in total. The number of benzene rings is 1. The molecule has 2 nitrogen and oxygen atoms in total. The van der Waals surface area contributed by atoms with E-state index < -0.39 is 0 Å². The van der Waals surface area contributed by atoms with Gasteiger partial charge in [-0.25, -0.2) is 0 Å². The van der Waals surface area contributed by atoms with Crippen LogP contribution < -0.4 is 4.74 Å². The maximum atomic E-state index is 9.45. The molecule has 0 aliphatic heterocycles. The number of hydrogen-bond acceptors (Lipinski definition) is 3. The zero-order valence-corrected chi connectivity index (χ0v) is 8.54. The normalized spacial score (nSPS) is 10.1. The molecular weight excluding hydrogens is 196 g/mol. The Morgan fingerprint density at radius 2 is 2.07 bits per heavy atom. The minimum Gasteiger partial charge on any atom is -0.508 e. The van der Waals surface area contributed by atoms with Gasteiger partial charge in [0.05, 0.1) is 7.11 Å². The summed E-state index contributed by atoms with van der Waals surface area (Å²) in [6.45, 7) is 0. The van der Waals surface area contributed by atoms with Crippen LogP contribution >= 0.6 is 11.3 Å². The lowest BCUT2D eigenvalue weighted by molar-refractivity contribution is 0.408. The van der Waals surface area contributed by atoms with Crippen molar-refractivity contribution in [3.8, 4) is 22.6 Å². The van der Waals surface area contributed by atoms with E-state index in [1.54, 1.807) is 30.6 Å². The lowest BCUT2D eigenvalue weighted by Crippen LogP contribution is -1.83. The highest BCUT2D eigenvalue weighted by Gasteiger charge is 2.02. The summed E-state index contributed by atoms with van der Waals surface area (Å²) in [6, 6.07) is 7.24. The molecule has 72 valence electrons. The molecule has 1 aromatic heterocycles. The number of methoxy groups -OCH3 is 1. The van der Waals surface area contributed by atoms with E-state index in [0.29, 0.717) is 5.75 Å². The maximum absolute atomic E-state index is 9.45. The largest absolute Gasteiger partial charge is 0.508 e. The number of aromatic hydroxyl groups is 1. The van der Waals surface area contributed by atoms with Crippen LogP contribution in [0.25, 0.3) is 11.1 Å². The molecule has 3 heteroatoms. The van der Waals surface area contributed by atoms with Crippen LogP contribution in [-0.2, 0) is 0 Å². The van der Waals surface area contributed by atoms with Gasteiger partial charge >= 0.3 is 0 Å². The van der Waals surface area contributed by atoms with Crippen molar-refractivity contribution in [2.24, 2.45) is 0 Å². The monoisotopic (exact) mass is 206 g/mol. The second-order valence-corrected chi connectivity index (χ2v) is 3.71. The Morgan fingerprint density at radius 1 is 1.21 bits per heavy atom. The van der Waals surface area contributed by atoms with E-state index in [9.17, 15) is 5.11 Å². The standard InChI is InChI=1S/C11H10O2S/c1-13-11-5-9(4-10(12)6-11)8-2-3-14-7-8/h2-7,12H,1H3. The smallest absolute Gasteiger partial charge is 0.123 e. The van der Waals surface area contributed by atoms with E-state index in [1.165, 1.54) is 0 Å². The van der Waals surface area contributed by atoms with Gasteiger partial charge in [-0.2, -0.15) is 11.3 Å². The van der Waals surface area contributed by atoms with Gasteiger partial charge in [-0.05, 0) is 40.1 Å². The Labute approximate surface area is 86.4 Å². The quantitative estimate of drug-likeness (QED) is 0.818. The van der Waals surface area contributed by atoms with Crippen LogP contribution in [0.3, 0.4) is 0 Å². The average Bonchev–Trinajstić information content (AvgIpc) is 2.69. The van der Waals surface area contributed by atoms with Gasteiger partial charge in [0.1, 0.15) is 11.5 Å². The number of thiophene rings is 1. The Hall–Kier alpha value is -1.48. The minimum atomic E-state index is 0.227. The van der Waals surface area contributed by atoms with Gasteiger partial charge in [0.25, 0.3) is 0 Å². The molecule has 0 saturated carbocycles. The van der Waals surface area contributed by atoms with E-state index in [-0.39, 0.29) is 5.75 Å². The fraction of sp³-hybridized carbons (Fsp3) is 0.0909. The summed E-state index contributed by atoms with van der Waals surface area (Å²) in [5.74, 6) is 0.900. The number of ether oxygens (including phenoxy) is 1. The van der Waals surface area contributed by atoms with E-state index in [1.807, 2.05) is 22.9 Å². The molecule has 1 heterocycles. The van der Waals surface area contributed by atoms with Crippen LogP contribution in [-0.4, -0.2) is 12.2 Å². The van der Waals surface area contributed by atoms with E-state index >= 15 is 0 Å². The SMILES string of the molecule is COc1cc(O)cc(-c2ccsc2)c1. The Balaban J connectivity index is 2.48. The zero-order valence-electron chi connectivity index (χ0n) is 7.73. The van der Waals surface area contributed by atoms with Crippen molar-refractivity contribution < 1.29 is 9.84 Å². The van der Waals surface area contributed by atoms with Crippen molar-refractivity contribution in [3.63, 3.8) is 0 Å². The van der Waals surface area contributed by atoms with Gasteiger partial charge in [-0.15, -0.1) is 0 Å². The van der Waals surface area contributed by atoms with Crippen LogP contribution in [0, 0.1) is 0 Å². The summed E-state index contributed by atoms with van der Waals surface area (Å²) in [4.78, 5) is 0. The average molecular weight is 206 g/mol. The Kier molecular flexibility index (Phi) is 2.41. The van der Waals surface area contributed by atoms with E-state index in [4.69, 9.17) is 4.74 Å². The predicted molar refractivity (Wildman–Crippen MR) is 58.0 cm³/mol. The molecular formula is C11H10O2S. The maximum Gasteiger partial charge on any atom is 0.123 e. The molecule has 2 aromatic rings. The van der Waals surface area contributed by atoms with Gasteiger partial charge in [-0.1, -0.05) is 0 Å². The van der Waals surface area contributed by atoms with Crippen molar-refractivity contribution in [2.75, 3.05) is 7.11 Å². The topological polar surface area (TPSA) is 29.5 Å². The van der Waals surface area contributed by atoms with Crippen LogP contribution in [0.4, 0.5) is 0 Å². The summed E-state index contributed by atoms with van der Waals surface area (Å²) in [7, 11) is 1.59. The Bertz CT molecular complexity index is 421. The number of hydrogen-bond donors (Lipinski definition) is 1. The summed E-state index contributed by atoms with van der Waals surface area (Å²) >= 11 is 1.63. The van der Waals surface area contributed by atoms with Gasteiger partial charge in [-0.3, -0.25) is 0 Å². The lowest BCUT2D eigenvalue weighted by atomic mass is 10.1. The molecule has 0 saturated heterocycles. The van der Waals surface area contributed by atoms with Crippen molar-refractivity contribution in [1.82, 2.24) is 0 Å². The van der Waals surface area contributed by atoms with Crippen molar-refractivity contribution in [1.29, 1.82) is 0 Å². The van der Waals surface area contributed by atoms with Gasteiger partial charge < -0.3 is 9.84 Å². The third-order valence-electron chi connectivity index (χ3n) is 1.98. The molecule has 0 spiro atoms. The predicted octanol–water partition coefficient (Wildman–Crippen LogP) is 3.13. The molecule has 0 unspecified atom stereocenters. The molecule has 0 fully saturated rings. The molecule has 14 heavy (non-hydrogen) atoms. The first-order chi connectivity index (χ1) is 6.79. The molecule has 0 bridgehead atoms.